The van der Waals surface area contributed by atoms with Crippen molar-refractivity contribution < 1.29 is 23.8 Å². The molecule has 2 aromatic heterocycles. The van der Waals surface area contributed by atoms with Crippen LogP contribution in [-0.4, -0.2) is 26.4 Å². The number of carbonyl (C=O) groups is 2. The number of aliphatic carboxylic acids is 1. The highest BCUT2D eigenvalue weighted by Gasteiger charge is 2.24. The van der Waals surface area contributed by atoms with E-state index in [-0.39, 0.29) is 18.1 Å². The number of pyridine rings is 1. The predicted octanol–water partition coefficient (Wildman–Crippen LogP) is 7.61. The summed E-state index contributed by atoms with van der Waals surface area (Å²) in [5.41, 5.74) is 5.33. The molecule has 1 aliphatic carbocycles. The minimum Gasteiger partial charge on any atom is -0.481 e. The van der Waals surface area contributed by atoms with Gasteiger partial charge in [-0.3, -0.25) is 9.59 Å². The molecule has 218 valence electrons. The minimum absolute atomic E-state index is 0.265. The second kappa shape index (κ2) is 12.5. The van der Waals surface area contributed by atoms with Crippen molar-refractivity contribution in [3.63, 3.8) is 0 Å². The zero-order valence-electron chi connectivity index (χ0n) is 23.6. The first-order valence-electron chi connectivity index (χ1n) is 14.5. The lowest BCUT2D eigenvalue weighted by Gasteiger charge is -2.28. The molecule has 1 aliphatic rings. The second-order valence-electron chi connectivity index (χ2n) is 11.1. The molecule has 43 heavy (non-hydrogen) atoms. The number of aromatic nitrogens is 2. The molecule has 0 bridgehead atoms. The van der Waals surface area contributed by atoms with Gasteiger partial charge in [-0.1, -0.05) is 36.4 Å². The van der Waals surface area contributed by atoms with Crippen molar-refractivity contribution in [2.24, 2.45) is 5.92 Å². The predicted molar refractivity (Wildman–Crippen MR) is 162 cm³/mol. The molecule has 2 N–H and O–H groups in total. The molecule has 1 saturated carbocycles. The third kappa shape index (κ3) is 6.92. The third-order valence-electron chi connectivity index (χ3n) is 8.13. The normalized spacial score (nSPS) is 16.6. The Hall–Kier alpha value is -4.98. The number of hydrogen-bond acceptors (Lipinski definition) is 4. The molecule has 1 fully saturated rings. The van der Waals surface area contributed by atoms with Crippen molar-refractivity contribution in [2.75, 3.05) is 0 Å². The number of carboxylic acid groups (broad SMARTS) is 1. The third-order valence-corrected chi connectivity index (χ3v) is 8.13. The van der Waals surface area contributed by atoms with Gasteiger partial charge in [0.1, 0.15) is 28.7 Å². The minimum atomic E-state index is -0.700. The van der Waals surface area contributed by atoms with Gasteiger partial charge < -0.3 is 19.6 Å². The van der Waals surface area contributed by atoms with E-state index >= 15 is 0 Å². The van der Waals surface area contributed by atoms with Crippen LogP contribution in [0.1, 0.15) is 59.6 Å². The Kier molecular flexibility index (Phi) is 8.18. The van der Waals surface area contributed by atoms with Gasteiger partial charge in [0.05, 0.1) is 0 Å². The van der Waals surface area contributed by atoms with Crippen molar-refractivity contribution in [1.29, 1.82) is 0 Å². The fraction of sp³-hybridized carbons (Fsp3) is 0.229. The summed E-state index contributed by atoms with van der Waals surface area (Å²) in [6, 6.07) is 25.7. The van der Waals surface area contributed by atoms with E-state index in [1.807, 2.05) is 34.9 Å². The fourth-order valence-electron chi connectivity index (χ4n) is 5.75. The molecular formula is C35H32FN3O4. The zero-order chi connectivity index (χ0) is 29.8. The topological polar surface area (TPSA) is 92.9 Å². The van der Waals surface area contributed by atoms with Gasteiger partial charge in [-0.25, -0.2) is 9.37 Å². The average Bonchev–Trinajstić information content (AvgIpc) is 3.46. The number of carboxylic acids is 1. The number of rotatable bonds is 9. The number of carbonyl (C=O) groups excluding carboxylic acids is 1. The Morgan fingerprint density at radius 3 is 2.16 bits per heavy atom. The molecule has 5 aromatic rings. The van der Waals surface area contributed by atoms with E-state index in [1.165, 1.54) is 17.7 Å². The van der Waals surface area contributed by atoms with E-state index in [0.717, 1.165) is 42.4 Å². The molecular weight excluding hydrogens is 545 g/mol. The lowest BCUT2D eigenvalue weighted by molar-refractivity contribution is -0.138. The first-order chi connectivity index (χ1) is 20.9. The van der Waals surface area contributed by atoms with Crippen LogP contribution in [0.4, 0.5) is 4.39 Å². The Morgan fingerprint density at radius 1 is 0.837 bits per heavy atom. The first kappa shape index (κ1) is 28.2. The van der Waals surface area contributed by atoms with Gasteiger partial charge in [-0.15, -0.1) is 0 Å². The summed E-state index contributed by atoms with van der Waals surface area (Å²) >= 11 is 0. The smallest absolute Gasteiger partial charge is 0.303 e. The summed E-state index contributed by atoms with van der Waals surface area (Å²) in [6.07, 6.45) is 7.97. The number of halogens is 1. The highest BCUT2D eigenvalue weighted by Crippen LogP contribution is 2.37. The molecule has 6 rings (SSSR count). The number of amides is 1. The van der Waals surface area contributed by atoms with E-state index in [9.17, 15) is 14.0 Å². The molecule has 2 heterocycles. The van der Waals surface area contributed by atoms with Crippen LogP contribution in [0.5, 0.6) is 11.5 Å². The molecule has 0 saturated heterocycles. The number of nitrogens with one attached hydrogen (secondary N) is 1. The van der Waals surface area contributed by atoms with Crippen LogP contribution >= 0.6 is 0 Å². The molecule has 1 amide bonds. The summed E-state index contributed by atoms with van der Waals surface area (Å²) < 4.78 is 20.7. The average molecular weight is 578 g/mol. The number of imidazole rings is 1. The highest BCUT2D eigenvalue weighted by molar-refractivity contribution is 5.92. The van der Waals surface area contributed by atoms with Gasteiger partial charge in [-0.05, 0) is 108 Å². The van der Waals surface area contributed by atoms with Crippen molar-refractivity contribution in [2.45, 2.75) is 44.6 Å². The van der Waals surface area contributed by atoms with Crippen LogP contribution in [0.3, 0.4) is 0 Å². The second-order valence-corrected chi connectivity index (χ2v) is 11.1. The summed E-state index contributed by atoms with van der Waals surface area (Å²) in [5.74, 6) is 0.650. The lowest BCUT2D eigenvalue weighted by atomic mass is 9.77. The van der Waals surface area contributed by atoms with Crippen LogP contribution in [0, 0.1) is 11.7 Å². The zero-order valence-corrected chi connectivity index (χ0v) is 23.6. The maximum absolute atomic E-state index is 13.1. The quantitative estimate of drug-likeness (QED) is 0.188. The number of benzene rings is 3. The van der Waals surface area contributed by atoms with Crippen LogP contribution < -0.4 is 10.1 Å². The monoisotopic (exact) mass is 577 g/mol. The highest BCUT2D eigenvalue weighted by atomic mass is 19.1. The maximum Gasteiger partial charge on any atom is 0.303 e. The summed E-state index contributed by atoms with van der Waals surface area (Å²) in [4.78, 5) is 28.4. The molecule has 7 nitrogen and oxygen atoms in total. The SMILES string of the molecule is O=C(O)CC1CCC(c2ccc(-c3ccc4nc(C(=O)NCc5ccc(Oc6ccc(F)cc6)cc5)cn4c3)cc2)CC1. The van der Waals surface area contributed by atoms with Crippen LogP contribution in [0.2, 0.25) is 0 Å². The molecule has 3 aromatic carbocycles. The fourth-order valence-corrected chi connectivity index (χ4v) is 5.75. The Morgan fingerprint density at radius 2 is 1.49 bits per heavy atom. The summed E-state index contributed by atoms with van der Waals surface area (Å²) in [7, 11) is 0. The van der Waals surface area contributed by atoms with Crippen LogP contribution in [0.25, 0.3) is 16.8 Å². The van der Waals surface area contributed by atoms with E-state index < -0.39 is 5.97 Å². The molecule has 0 aliphatic heterocycles. The number of ether oxygens (including phenoxy) is 1. The molecule has 0 atom stereocenters. The van der Waals surface area contributed by atoms with Gasteiger partial charge in [-0.2, -0.15) is 0 Å². The van der Waals surface area contributed by atoms with Crippen molar-refractivity contribution >= 4 is 17.5 Å². The Balaban J connectivity index is 1.05. The Bertz CT molecular complexity index is 1720. The summed E-state index contributed by atoms with van der Waals surface area (Å²) in [5, 5.41) is 12.0. The van der Waals surface area contributed by atoms with Crippen molar-refractivity contribution in [3.05, 3.63) is 120 Å². The molecule has 0 unspecified atom stereocenters. The van der Waals surface area contributed by atoms with Gasteiger partial charge in [0.25, 0.3) is 5.91 Å². The molecule has 8 heteroatoms. The van der Waals surface area contributed by atoms with E-state index in [2.05, 4.69) is 34.6 Å². The lowest BCUT2D eigenvalue weighted by Crippen LogP contribution is -2.23. The standard InChI is InChI=1S/C35H32FN3O4/c36-29-12-16-31(17-13-29)43-30-14-3-24(4-15-30)20-37-35(42)32-22-39-21-28(11-18-33(39)38-32)27-9-7-26(8-10-27)25-5-1-23(2-6-25)19-34(40)41/h3-4,7-18,21-23,25H,1-2,5-6,19-20H2,(H,37,42)(H,40,41). The molecule has 0 radical (unpaired) electrons. The maximum atomic E-state index is 13.1. The van der Waals surface area contributed by atoms with Crippen LogP contribution in [-0.2, 0) is 11.3 Å². The largest absolute Gasteiger partial charge is 0.481 e. The van der Waals surface area contributed by atoms with Crippen molar-refractivity contribution in [3.8, 4) is 22.6 Å². The summed E-state index contributed by atoms with van der Waals surface area (Å²) in [6.45, 7) is 0.336. The van der Waals surface area contributed by atoms with Crippen molar-refractivity contribution in [1.82, 2.24) is 14.7 Å². The van der Waals surface area contributed by atoms with Gasteiger partial charge in [0.15, 0.2) is 0 Å². The van der Waals surface area contributed by atoms with Gasteiger partial charge in [0, 0.05) is 25.4 Å². The number of hydrogen-bond donors (Lipinski definition) is 2. The van der Waals surface area contributed by atoms with E-state index in [1.54, 1.807) is 30.5 Å². The van der Waals surface area contributed by atoms with Crippen LogP contribution in [0.15, 0.2) is 97.3 Å². The van der Waals surface area contributed by atoms with Gasteiger partial charge in [0.2, 0.25) is 0 Å². The Labute approximate surface area is 249 Å². The van der Waals surface area contributed by atoms with Gasteiger partial charge >= 0.3 is 5.97 Å². The number of fused-ring (bicyclic) bond motifs is 1. The molecule has 0 spiro atoms. The van der Waals surface area contributed by atoms with E-state index in [4.69, 9.17) is 9.84 Å². The number of nitrogens with zero attached hydrogens (tertiary/aromatic N) is 2. The first-order valence-corrected chi connectivity index (χ1v) is 14.5. The van der Waals surface area contributed by atoms with E-state index in [0.29, 0.717) is 41.2 Å².